The molecule has 0 aliphatic carbocycles. The predicted octanol–water partition coefficient (Wildman–Crippen LogP) is 2.70. The van der Waals surface area contributed by atoms with E-state index in [1.165, 1.54) is 12.1 Å². The van der Waals surface area contributed by atoms with E-state index >= 15 is 0 Å². The molecule has 0 radical (unpaired) electrons. The van der Waals surface area contributed by atoms with Crippen LogP contribution in [0.2, 0.25) is 0 Å². The van der Waals surface area contributed by atoms with E-state index in [2.05, 4.69) is 0 Å². The molecule has 1 saturated heterocycles. The van der Waals surface area contributed by atoms with Gasteiger partial charge in [0, 0.05) is 43.7 Å². The summed E-state index contributed by atoms with van der Waals surface area (Å²) >= 11 is 0. The highest BCUT2D eigenvalue weighted by molar-refractivity contribution is 5.76. The van der Waals surface area contributed by atoms with Crippen molar-refractivity contribution in [2.24, 2.45) is 0 Å². The molecule has 0 saturated carbocycles. The molecule has 1 aliphatic heterocycles. The minimum absolute atomic E-state index is 0.0176. The molecule has 24 heavy (non-hydrogen) atoms. The van der Waals surface area contributed by atoms with Crippen LogP contribution in [0, 0.1) is 12.7 Å². The van der Waals surface area contributed by atoms with Crippen molar-refractivity contribution < 1.29 is 9.18 Å². The second kappa shape index (κ2) is 6.99. The Kier molecular flexibility index (Phi) is 4.79. The Morgan fingerprint density at radius 1 is 1.21 bits per heavy atom. The van der Waals surface area contributed by atoms with Crippen LogP contribution >= 0.6 is 0 Å². The first-order valence-corrected chi connectivity index (χ1v) is 8.25. The van der Waals surface area contributed by atoms with Crippen molar-refractivity contribution in [3.8, 4) is 0 Å². The number of rotatable bonds is 4. The summed E-state index contributed by atoms with van der Waals surface area (Å²) in [5, 5.41) is 0. The van der Waals surface area contributed by atoms with Crippen molar-refractivity contribution in [2.45, 2.75) is 32.2 Å². The Hall–Kier alpha value is -2.43. The van der Waals surface area contributed by atoms with Crippen molar-refractivity contribution in [3.63, 3.8) is 0 Å². The highest BCUT2D eigenvalue weighted by atomic mass is 19.1. The molecule has 2 aromatic rings. The molecule has 0 spiro atoms. The Bertz CT molecular complexity index is 800. The molecule has 3 rings (SSSR count). The summed E-state index contributed by atoms with van der Waals surface area (Å²) in [6, 6.07) is 11.8. The van der Waals surface area contributed by atoms with Gasteiger partial charge < -0.3 is 9.47 Å². The highest BCUT2D eigenvalue weighted by Crippen LogP contribution is 2.29. The van der Waals surface area contributed by atoms with Crippen molar-refractivity contribution in [1.82, 2.24) is 9.47 Å². The first kappa shape index (κ1) is 16.4. The molecular formula is C19H21FN2O2. The number of benzene rings is 1. The van der Waals surface area contributed by atoms with Gasteiger partial charge >= 0.3 is 0 Å². The van der Waals surface area contributed by atoms with Gasteiger partial charge in [-0.25, -0.2) is 4.39 Å². The van der Waals surface area contributed by atoms with E-state index in [9.17, 15) is 14.0 Å². The fourth-order valence-electron chi connectivity index (χ4n) is 3.32. The van der Waals surface area contributed by atoms with E-state index in [0.717, 1.165) is 12.1 Å². The largest absolute Gasteiger partial charge is 0.342 e. The molecule has 0 bridgehead atoms. The van der Waals surface area contributed by atoms with E-state index < -0.39 is 0 Å². The smallest absolute Gasteiger partial charge is 0.250 e. The molecule has 4 nitrogen and oxygen atoms in total. The number of carbonyl (C=O) groups is 1. The van der Waals surface area contributed by atoms with Crippen molar-refractivity contribution >= 4 is 5.91 Å². The fourth-order valence-corrected chi connectivity index (χ4v) is 3.32. The van der Waals surface area contributed by atoms with Gasteiger partial charge in [-0.2, -0.15) is 0 Å². The van der Waals surface area contributed by atoms with E-state index in [1.54, 1.807) is 27.7 Å². The van der Waals surface area contributed by atoms with Gasteiger partial charge in [-0.3, -0.25) is 9.59 Å². The number of amides is 1. The van der Waals surface area contributed by atoms with Gasteiger partial charge in [0.1, 0.15) is 5.82 Å². The van der Waals surface area contributed by atoms with E-state index in [1.807, 2.05) is 19.1 Å². The van der Waals surface area contributed by atoms with Gasteiger partial charge in [0.25, 0.3) is 5.56 Å². The van der Waals surface area contributed by atoms with Crippen LogP contribution < -0.4 is 5.56 Å². The Balaban J connectivity index is 1.61. The van der Waals surface area contributed by atoms with E-state index in [-0.39, 0.29) is 29.6 Å². The molecule has 1 aromatic carbocycles. The maximum atomic E-state index is 13.9. The van der Waals surface area contributed by atoms with Crippen molar-refractivity contribution in [1.29, 1.82) is 0 Å². The number of hydrogen-bond acceptors (Lipinski definition) is 2. The fraction of sp³-hybridized carbons (Fsp3) is 0.368. The lowest BCUT2D eigenvalue weighted by molar-refractivity contribution is -0.130. The topological polar surface area (TPSA) is 42.3 Å². The Labute approximate surface area is 140 Å². The second-order valence-corrected chi connectivity index (χ2v) is 6.25. The highest BCUT2D eigenvalue weighted by Gasteiger charge is 2.28. The third kappa shape index (κ3) is 3.40. The summed E-state index contributed by atoms with van der Waals surface area (Å²) in [5.41, 5.74) is 1.44. The SMILES string of the molecule is Cc1cccc(=O)n1CCC(=O)N1CC[C@@H](c2ccccc2F)C1. The summed E-state index contributed by atoms with van der Waals surface area (Å²) in [6.45, 7) is 3.42. The monoisotopic (exact) mass is 328 g/mol. The zero-order chi connectivity index (χ0) is 17.1. The number of aryl methyl sites for hydroxylation is 1. The molecule has 1 amide bonds. The van der Waals surface area contributed by atoms with Gasteiger partial charge in [-0.05, 0) is 31.0 Å². The molecule has 0 unspecified atom stereocenters. The van der Waals surface area contributed by atoms with Crippen molar-refractivity contribution in [3.05, 3.63) is 69.9 Å². The van der Waals surface area contributed by atoms with Gasteiger partial charge in [0.2, 0.25) is 5.91 Å². The maximum Gasteiger partial charge on any atom is 0.250 e. The van der Waals surface area contributed by atoms with Gasteiger partial charge in [0.15, 0.2) is 0 Å². The van der Waals surface area contributed by atoms with Crippen LogP contribution in [0.15, 0.2) is 47.3 Å². The molecule has 2 heterocycles. The average Bonchev–Trinajstić information content (AvgIpc) is 3.04. The van der Waals surface area contributed by atoms with E-state index in [4.69, 9.17) is 0 Å². The maximum absolute atomic E-state index is 13.9. The molecule has 1 fully saturated rings. The van der Waals surface area contributed by atoms with Crippen LogP contribution in [0.5, 0.6) is 0 Å². The molecule has 0 N–H and O–H groups in total. The van der Waals surface area contributed by atoms with Crippen LogP contribution in [0.1, 0.15) is 30.0 Å². The van der Waals surface area contributed by atoms with Crippen LogP contribution in [0.25, 0.3) is 0 Å². The molecule has 126 valence electrons. The molecule has 1 aromatic heterocycles. The number of pyridine rings is 1. The summed E-state index contributed by atoms with van der Waals surface area (Å²) in [7, 11) is 0. The van der Waals surface area contributed by atoms with Crippen LogP contribution in [0.4, 0.5) is 4.39 Å². The van der Waals surface area contributed by atoms with Gasteiger partial charge in [0.05, 0.1) is 0 Å². The van der Waals surface area contributed by atoms with Crippen LogP contribution in [-0.2, 0) is 11.3 Å². The number of nitrogens with zero attached hydrogens (tertiary/aromatic N) is 2. The average molecular weight is 328 g/mol. The zero-order valence-electron chi connectivity index (χ0n) is 13.7. The number of hydrogen-bond donors (Lipinski definition) is 0. The van der Waals surface area contributed by atoms with Crippen molar-refractivity contribution in [2.75, 3.05) is 13.1 Å². The molecule has 1 atom stereocenters. The first-order valence-electron chi connectivity index (χ1n) is 8.25. The molecule has 5 heteroatoms. The predicted molar refractivity (Wildman–Crippen MR) is 90.4 cm³/mol. The lowest BCUT2D eigenvalue weighted by Gasteiger charge is -2.18. The Morgan fingerprint density at radius 3 is 2.75 bits per heavy atom. The minimum atomic E-state index is -0.205. The minimum Gasteiger partial charge on any atom is -0.342 e. The molecular weight excluding hydrogens is 307 g/mol. The number of halogens is 1. The van der Waals surface area contributed by atoms with Crippen LogP contribution in [-0.4, -0.2) is 28.5 Å². The lowest BCUT2D eigenvalue weighted by Crippen LogP contribution is -2.31. The molecule has 1 aliphatic rings. The summed E-state index contributed by atoms with van der Waals surface area (Å²) in [5.74, 6) is -0.136. The van der Waals surface area contributed by atoms with E-state index in [0.29, 0.717) is 25.2 Å². The number of carbonyl (C=O) groups excluding carboxylic acids is 1. The van der Waals surface area contributed by atoms with Gasteiger partial charge in [-0.15, -0.1) is 0 Å². The summed E-state index contributed by atoms with van der Waals surface area (Å²) < 4.78 is 15.5. The zero-order valence-corrected chi connectivity index (χ0v) is 13.7. The second-order valence-electron chi connectivity index (χ2n) is 6.25. The van der Waals surface area contributed by atoms with Crippen LogP contribution in [0.3, 0.4) is 0 Å². The lowest BCUT2D eigenvalue weighted by atomic mass is 9.98. The third-order valence-electron chi connectivity index (χ3n) is 4.70. The standard InChI is InChI=1S/C19H21FN2O2/c1-14-5-4-8-19(24)22(14)12-10-18(23)21-11-9-15(13-21)16-6-2-3-7-17(16)20/h2-8,15H,9-13H2,1H3/t15-/m1/s1. The third-order valence-corrected chi connectivity index (χ3v) is 4.70. The number of aromatic nitrogens is 1. The first-order chi connectivity index (χ1) is 11.6. The quantitative estimate of drug-likeness (QED) is 0.866. The summed E-state index contributed by atoms with van der Waals surface area (Å²) in [6.07, 6.45) is 1.06. The van der Waals surface area contributed by atoms with Gasteiger partial charge in [-0.1, -0.05) is 24.3 Å². The summed E-state index contributed by atoms with van der Waals surface area (Å²) in [4.78, 5) is 26.0. The number of likely N-dealkylation sites (tertiary alicyclic amines) is 1. The Morgan fingerprint density at radius 2 is 2.00 bits per heavy atom. The normalized spacial score (nSPS) is 17.2.